The zero-order valence-corrected chi connectivity index (χ0v) is 22.4. The zero-order chi connectivity index (χ0) is 24.9. The van der Waals surface area contributed by atoms with Crippen molar-refractivity contribution in [3.63, 3.8) is 0 Å². The van der Waals surface area contributed by atoms with Gasteiger partial charge in [-0.1, -0.05) is 26.0 Å². The van der Waals surface area contributed by atoms with E-state index in [9.17, 15) is 13.6 Å². The van der Waals surface area contributed by atoms with Gasteiger partial charge in [-0.2, -0.15) is 8.78 Å². The number of Topliss-reactive ketones (excluding diaryl/α,β-unsaturated/α-hetero) is 1. The Bertz CT molecular complexity index is 1180. The van der Waals surface area contributed by atoms with Gasteiger partial charge in [-0.25, -0.2) is 4.57 Å². The van der Waals surface area contributed by atoms with Crippen molar-refractivity contribution in [2.24, 2.45) is 0 Å². The maximum Gasteiger partial charge on any atom is 0.387 e. The predicted octanol–water partition coefficient (Wildman–Crippen LogP) is 2.40. The maximum absolute atomic E-state index is 13.0. The number of nitrogens with zero attached hydrogens (tertiary/aromatic N) is 3. The molecule has 0 N–H and O–H groups in total. The molecule has 0 atom stereocenters. The quantitative estimate of drug-likeness (QED) is 0.296. The third-order valence-corrected chi connectivity index (χ3v) is 6.28. The zero-order valence-electron chi connectivity index (χ0n) is 20.8. The Morgan fingerprint density at radius 3 is 2.56 bits per heavy atom. The Morgan fingerprint density at radius 2 is 1.86 bits per heavy atom. The molecular weight excluding hydrogens is 532 g/mol. The number of ether oxygens (including phenoxy) is 2. The van der Waals surface area contributed by atoms with E-state index in [0.29, 0.717) is 18.1 Å². The fourth-order valence-corrected chi connectivity index (χ4v) is 4.46. The molecule has 0 unspecified atom stereocenters. The molecule has 3 aromatic rings. The largest absolute Gasteiger partial charge is 1.00 e. The monoisotopic (exact) mass is 563 g/mol. The van der Waals surface area contributed by atoms with E-state index >= 15 is 0 Å². The molecule has 0 fully saturated rings. The van der Waals surface area contributed by atoms with Gasteiger partial charge >= 0.3 is 12.4 Å². The number of fused-ring (bicyclic) bond motifs is 1. The van der Waals surface area contributed by atoms with Gasteiger partial charge in [0.25, 0.3) is 0 Å². The lowest BCUT2D eigenvalue weighted by Gasteiger charge is -2.13. The summed E-state index contributed by atoms with van der Waals surface area (Å²) in [5.74, 6) is 2.89. The predicted molar refractivity (Wildman–Crippen MR) is 127 cm³/mol. The first-order valence-electron chi connectivity index (χ1n) is 12.1. The van der Waals surface area contributed by atoms with Gasteiger partial charge in [-0.05, 0) is 73.6 Å². The number of aromatic nitrogens is 3. The number of rotatable bonds is 9. The SMILES string of the molecule is Cc1ccc(C(C)C)c(OCc2nn(CC(=O)c3ccc(OC(F)F)cc3)c3[n+]2CCCCC3)c1.[Br-]. The summed E-state index contributed by atoms with van der Waals surface area (Å²) >= 11 is 0. The van der Waals surface area contributed by atoms with Crippen molar-refractivity contribution < 1.29 is 44.6 Å². The minimum atomic E-state index is -2.90. The average Bonchev–Trinajstić information content (AvgIpc) is 2.96. The van der Waals surface area contributed by atoms with Gasteiger partial charge in [-0.3, -0.25) is 4.79 Å². The summed E-state index contributed by atoms with van der Waals surface area (Å²) in [6, 6.07) is 12.0. The van der Waals surface area contributed by atoms with Crippen LogP contribution in [0.5, 0.6) is 11.5 Å². The Kier molecular flexibility index (Phi) is 9.59. The van der Waals surface area contributed by atoms with Gasteiger partial charge in [0.1, 0.15) is 11.5 Å². The van der Waals surface area contributed by atoms with E-state index in [2.05, 4.69) is 41.4 Å². The van der Waals surface area contributed by atoms with Crippen LogP contribution >= 0.6 is 0 Å². The van der Waals surface area contributed by atoms with Gasteiger partial charge < -0.3 is 26.5 Å². The van der Waals surface area contributed by atoms with Crippen LogP contribution in [-0.2, 0) is 26.1 Å². The summed E-state index contributed by atoms with van der Waals surface area (Å²) in [5, 5.41) is 4.78. The van der Waals surface area contributed by atoms with Crippen LogP contribution in [0.15, 0.2) is 42.5 Å². The van der Waals surface area contributed by atoms with Crippen LogP contribution in [0.4, 0.5) is 8.78 Å². The summed E-state index contributed by atoms with van der Waals surface area (Å²) in [5.41, 5.74) is 2.71. The molecule has 1 aliphatic rings. The summed E-state index contributed by atoms with van der Waals surface area (Å²) < 4.78 is 39.4. The molecule has 0 saturated carbocycles. The minimum Gasteiger partial charge on any atom is -1.00 e. The van der Waals surface area contributed by atoms with Crippen LogP contribution in [0.25, 0.3) is 0 Å². The first-order chi connectivity index (χ1) is 16.8. The molecule has 6 nitrogen and oxygen atoms in total. The first kappa shape index (κ1) is 27.8. The summed E-state index contributed by atoms with van der Waals surface area (Å²) in [6.45, 7) is 4.67. The highest BCUT2D eigenvalue weighted by Gasteiger charge is 2.29. The molecule has 2 heterocycles. The molecule has 9 heteroatoms. The van der Waals surface area contributed by atoms with E-state index in [1.165, 1.54) is 24.3 Å². The Morgan fingerprint density at radius 1 is 1.11 bits per heavy atom. The summed E-state index contributed by atoms with van der Waals surface area (Å²) in [7, 11) is 0. The van der Waals surface area contributed by atoms with Crippen molar-refractivity contribution in [3.05, 3.63) is 70.8 Å². The van der Waals surface area contributed by atoms with Gasteiger partial charge in [0.05, 0.1) is 6.54 Å². The lowest BCUT2D eigenvalue weighted by molar-refractivity contribution is -0.712. The Hall–Kier alpha value is -2.81. The van der Waals surface area contributed by atoms with Crippen LogP contribution in [0.1, 0.15) is 72.2 Å². The highest BCUT2D eigenvalue weighted by atomic mass is 79.9. The minimum absolute atomic E-state index is 0. The topological polar surface area (TPSA) is 57.2 Å². The van der Waals surface area contributed by atoms with Crippen molar-refractivity contribution in [2.75, 3.05) is 0 Å². The second-order valence-electron chi connectivity index (χ2n) is 9.26. The lowest BCUT2D eigenvalue weighted by Crippen LogP contribution is -3.00. The van der Waals surface area contributed by atoms with Crippen molar-refractivity contribution in [2.45, 2.75) is 78.7 Å². The number of carbonyl (C=O) groups excluding carboxylic acids is 1. The van der Waals surface area contributed by atoms with Crippen LogP contribution in [0.3, 0.4) is 0 Å². The van der Waals surface area contributed by atoms with E-state index in [1.807, 2.05) is 6.92 Å². The number of benzene rings is 2. The van der Waals surface area contributed by atoms with Gasteiger partial charge in [-0.15, -0.1) is 4.68 Å². The van der Waals surface area contributed by atoms with E-state index in [-0.39, 0.29) is 35.1 Å². The van der Waals surface area contributed by atoms with Crippen LogP contribution < -0.4 is 31.0 Å². The smallest absolute Gasteiger partial charge is 0.387 e. The van der Waals surface area contributed by atoms with Crippen molar-refractivity contribution in [1.82, 2.24) is 9.78 Å². The first-order valence-corrected chi connectivity index (χ1v) is 12.1. The second-order valence-corrected chi connectivity index (χ2v) is 9.26. The Balaban J connectivity index is 0.00000361. The van der Waals surface area contributed by atoms with Crippen molar-refractivity contribution in [3.8, 4) is 11.5 Å². The number of aryl methyl sites for hydroxylation is 1. The lowest BCUT2D eigenvalue weighted by atomic mass is 10.0. The van der Waals surface area contributed by atoms with Crippen molar-refractivity contribution in [1.29, 1.82) is 0 Å². The highest BCUT2D eigenvalue weighted by molar-refractivity contribution is 5.95. The molecule has 0 radical (unpaired) electrons. The molecule has 1 aromatic heterocycles. The molecule has 0 saturated heterocycles. The number of halogens is 3. The molecule has 0 amide bonds. The number of hydrogen-bond donors (Lipinski definition) is 0. The van der Waals surface area contributed by atoms with Crippen LogP contribution in [-0.4, -0.2) is 22.2 Å². The standard InChI is InChI=1S/C27H32F2N3O3.BrH/c1-18(2)22-13-8-19(3)15-24(22)34-17-25-30-32(26-7-5-4-6-14-31(25)26)16-23(33)20-9-11-21(12-10-20)35-27(28)29;/h8-13,15,18,27H,4-7,14,16-17H2,1-3H3;1H/q+1;/p-1. The van der Waals surface area contributed by atoms with Crippen molar-refractivity contribution >= 4 is 5.78 Å². The summed E-state index contributed by atoms with van der Waals surface area (Å²) in [4.78, 5) is 13.0. The van der Waals surface area contributed by atoms with Crippen LogP contribution in [0, 0.1) is 6.92 Å². The second kappa shape index (κ2) is 12.4. The highest BCUT2D eigenvalue weighted by Crippen LogP contribution is 2.28. The normalized spacial score (nSPS) is 13.2. The van der Waals surface area contributed by atoms with Gasteiger partial charge in [0.15, 0.2) is 18.9 Å². The van der Waals surface area contributed by atoms with E-state index in [0.717, 1.165) is 60.8 Å². The number of carbonyl (C=O) groups is 1. The third kappa shape index (κ3) is 6.69. The van der Waals surface area contributed by atoms with E-state index in [4.69, 9.17) is 9.84 Å². The molecule has 194 valence electrons. The Labute approximate surface area is 221 Å². The molecule has 0 bridgehead atoms. The number of hydrogen-bond acceptors (Lipinski definition) is 4. The maximum atomic E-state index is 13.0. The van der Waals surface area contributed by atoms with Crippen LogP contribution in [0.2, 0.25) is 0 Å². The van der Waals surface area contributed by atoms with E-state index in [1.54, 1.807) is 4.68 Å². The van der Waals surface area contributed by atoms with E-state index < -0.39 is 6.61 Å². The summed E-state index contributed by atoms with van der Waals surface area (Å²) in [6.07, 6.45) is 4.05. The fraction of sp³-hybridized carbons (Fsp3) is 0.444. The fourth-order valence-electron chi connectivity index (χ4n) is 4.46. The molecule has 36 heavy (non-hydrogen) atoms. The molecule has 1 aliphatic heterocycles. The molecular formula is C27H32BrF2N3O3. The molecule has 0 aliphatic carbocycles. The molecule has 4 rings (SSSR count). The van der Waals surface area contributed by atoms with Gasteiger partial charge in [0, 0.05) is 17.1 Å². The van der Waals surface area contributed by atoms with Gasteiger partial charge in [0.2, 0.25) is 5.82 Å². The molecule has 2 aromatic carbocycles. The third-order valence-electron chi connectivity index (χ3n) is 6.28. The number of alkyl halides is 2. The molecule has 0 spiro atoms. The number of ketones is 1. The average molecular weight is 564 g/mol.